The number of halogens is 1. The molecule has 0 spiro atoms. The van der Waals surface area contributed by atoms with Crippen LogP contribution in [0.3, 0.4) is 0 Å². The van der Waals surface area contributed by atoms with Crippen molar-refractivity contribution in [2.75, 3.05) is 0 Å². The molecule has 0 saturated heterocycles. The molecule has 3 nitrogen and oxygen atoms in total. The fourth-order valence-electron chi connectivity index (χ4n) is 1.91. The van der Waals surface area contributed by atoms with E-state index in [9.17, 15) is 5.26 Å². The quantitative estimate of drug-likeness (QED) is 0.665. The van der Waals surface area contributed by atoms with E-state index in [2.05, 4.69) is 11.2 Å². The van der Waals surface area contributed by atoms with Gasteiger partial charge in [0.2, 0.25) is 0 Å². The molecule has 18 heavy (non-hydrogen) atoms. The Morgan fingerprint density at radius 3 is 2.50 bits per heavy atom. The molecule has 2 aromatic carbocycles. The summed E-state index contributed by atoms with van der Waals surface area (Å²) in [5.41, 5.74) is 2.17. The van der Waals surface area contributed by atoms with Crippen LogP contribution in [0.4, 0.5) is 0 Å². The van der Waals surface area contributed by atoms with Gasteiger partial charge in [0.25, 0.3) is 0 Å². The number of rotatable bonds is 1. The normalized spacial score (nSPS) is 10.4. The lowest BCUT2D eigenvalue weighted by Gasteiger charge is -2.02. The van der Waals surface area contributed by atoms with E-state index in [1.54, 1.807) is 16.8 Å². The van der Waals surface area contributed by atoms with Crippen LogP contribution in [0.15, 0.2) is 48.5 Å². The summed E-state index contributed by atoms with van der Waals surface area (Å²) in [5, 5.41) is 15.2. The van der Waals surface area contributed by atoms with Crippen molar-refractivity contribution in [3.05, 3.63) is 59.2 Å². The second-order valence-electron chi connectivity index (χ2n) is 3.87. The van der Waals surface area contributed by atoms with Crippen LogP contribution in [-0.4, -0.2) is 9.78 Å². The fourth-order valence-corrected chi connectivity index (χ4v) is 2.04. The lowest BCUT2D eigenvalue weighted by molar-refractivity contribution is 0.881. The molecule has 0 radical (unpaired) electrons. The van der Waals surface area contributed by atoms with Gasteiger partial charge in [0.1, 0.15) is 6.07 Å². The van der Waals surface area contributed by atoms with Crippen molar-refractivity contribution in [3.8, 4) is 11.8 Å². The average Bonchev–Trinajstić information content (AvgIpc) is 2.78. The van der Waals surface area contributed by atoms with Gasteiger partial charge in [-0.3, -0.25) is 0 Å². The van der Waals surface area contributed by atoms with Gasteiger partial charge in [-0.05, 0) is 36.4 Å². The molecule has 86 valence electrons. The third-order valence-electron chi connectivity index (χ3n) is 2.76. The number of nitriles is 1. The van der Waals surface area contributed by atoms with Crippen LogP contribution in [-0.2, 0) is 0 Å². The summed E-state index contributed by atoms with van der Waals surface area (Å²) < 4.78 is 1.64. The summed E-state index contributed by atoms with van der Waals surface area (Å²) in [6.07, 6.45) is 0. The Labute approximate surface area is 109 Å². The topological polar surface area (TPSA) is 41.6 Å². The second-order valence-corrected chi connectivity index (χ2v) is 4.30. The minimum atomic E-state index is 0.535. The van der Waals surface area contributed by atoms with E-state index < -0.39 is 0 Å². The lowest BCUT2D eigenvalue weighted by atomic mass is 10.2. The largest absolute Gasteiger partial charge is 0.222 e. The predicted molar refractivity (Wildman–Crippen MR) is 70.8 cm³/mol. The van der Waals surface area contributed by atoms with E-state index >= 15 is 0 Å². The summed E-state index contributed by atoms with van der Waals surface area (Å²) in [6.45, 7) is 0. The van der Waals surface area contributed by atoms with E-state index in [4.69, 9.17) is 11.6 Å². The number of nitrogens with zero attached hydrogens (tertiary/aromatic N) is 3. The summed E-state index contributed by atoms with van der Waals surface area (Å²) >= 11 is 5.86. The molecular weight excluding hydrogens is 246 g/mol. The number of hydrogen-bond acceptors (Lipinski definition) is 2. The molecule has 1 aromatic heterocycles. The van der Waals surface area contributed by atoms with Crippen molar-refractivity contribution in [1.82, 2.24) is 9.78 Å². The maximum atomic E-state index is 9.28. The number of aromatic nitrogens is 2. The molecule has 4 heteroatoms. The van der Waals surface area contributed by atoms with Crippen molar-refractivity contribution < 1.29 is 0 Å². The van der Waals surface area contributed by atoms with Gasteiger partial charge in [-0.15, -0.1) is 0 Å². The first-order valence-corrected chi connectivity index (χ1v) is 5.81. The molecular formula is C14H8ClN3. The van der Waals surface area contributed by atoms with E-state index in [1.165, 1.54) is 0 Å². The Bertz CT molecular complexity index is 751. The van der Waals surface area contributed by atoms with Crippen molar-refractivity contribution in [3.63, 3.8) is 0 Å². The molecule has 1 heterocycles. The Morgan fingerprint density at radius 1 is 1.06 bits per heavy atom. The zero-order valence-corrected chi connectivity index (χ0v) is 10.1. The standard InChI is InChI=1S/C14H8ClN3/c15-10-5-7-11(8-6-10)18-14(9-16)12-3-1-2-4-13(12)17-18/h1-8H. The zero-order valence-electron chi connectivity index (χ0n) is 9.34. The molecule has 0 aliphatic rings. The third-order valence-corrected chi connectivity index (χ3v) is 3.01. The summed E-state index contributed by atoms with van der Waals surface area (Å²) in [6, 6.07) is 17.0. The minimum absolute atomic E-state index is 0.535. The van der Waals surface area contributed by atoms with E-state index in [1.807, 2.05) is 36.4 Å². The Balaban J connectivity index is 2.29. The van der Waals surface area contributed by atoms with Crippen LogP contribution in [0.5, 0.6) is 0 Å². The molecule has 0 atom stereocenters. The predicted octanol–water partition coefficient (Wildman–Crippen LogP) is 3.55. The molecule has 0 unspecified atom stereocenters. The van der Waals surface area contributed by atoms with Crippen LogP contribution >= 0.6 is 11.6 Å². The highest BCUT2D eigenvalue weighted by Gasteiger charge is 2.11. The SMILES string of the molecule is N#Cc1c2ccccc2nn1-c1ccc(Cl)cc1. The van der Waals surface area contributed by atoms with Crippen molar-refractivity contribution >= 4 is 22.5 Å². The maximum absolute atomic E-state index is 9.28. The first-order valence-electron chi connectivity index (χ1n) is 5.43. The summed E-state index contributed by atoms with van der Waals surface area (Å²) in [4.78, 5) is 0. The monoisotopic (exact) mass is 253 g/mol. The summed E-state index contributed by atoms with van der Waals surface area (Å²) in [5.74, 6) is 0. The average molecular weight is 254 g/mol. The van der Waals surface area contributed by atoms with Crippen molar-refractivity contribution in [2.45, 2.75) is 0 Å². The first kappa shape index (κ1) is 10.8. The fraction of sp³-hybridized carbons (Fsp3) is 0. The van der Waals surface area contributed by atoms with Crippen molar-refractivity contribution in [1.29, 1.82) is 5.26 Å². The third kappa shape index (κ3) is 1.64. The number of hydrogen-bond donors (Lipinski definition) is 0. The van der Waals surface area contributed by atoms with Gasteiger partial charge in [0.05, 0.1) is 11.2 Å². The van der Waals surface area contributed by atoms with Crippen LogP contribution in [0.25, 0.3) is 16.6 Å². The second kappa shape index (κ2) is 4.17. The first-order chi connectivity index (χ1) is 8.79. The summed E-state index contributed by atoms with van der Waals surface area (Å²) in [7, 11) is 0. The smallest absolute Gasteiger partial charge is 0.152 e. The van der Waals surface area contributed by atoms with Gasteiger partial charge in [0.15, 0.2) is 5.69 Å². The Hall–Kier alpha value is -2.31. The van der Waals surface area contributed by atoms with Gasteiger partial charge in [0, 0.05) is 10.4 Å². The van der Waals surface area contributed by atoms with Crippen LogP contribution in [0.2, 0.25) is 5.02 Å². The van der Waals surface area contributed by atoms with Gasteiger partial charge >= 0.3 is 0 Å². The Kier molecular flexibility index (Phi) is 2.51. The highest BCUT2D eigenvalue weighted by Crippen LogP contribution is 2.21. The maximum Gasteiger partial charge on any atom is 0.152 e. The van der Waals surface area contributed by atoms with Crippen molar-refractivity contribution in [2.24, 2.45) is 0 Å². The highest BCUT2D eigenvalue weighted by molar-refractivity contribution is 6.30. The number of benzene rings is 2. The van der Waals surface area contributed by atoms with E-state index in [0.717, 1.165) is 16.6 Å². The van der Waals surface area contributed by atoms with Gasteiger partial charge in [-0.1, -0.05) is 23.7 Å². The van der Waals surface area contributed by atoms with E-state index in [-0.39, 0.29) is 0 Å². The zero-order chi connectivity index (χ0) is 12.5. The molecule has 0 N–H and O–H groups in total. The lowest BCUT2D eigenvalue weighted by Crippen LogP contribution is -1.98. The van der Waals surface area contributed by atoms with Crippen LogP contribution in [0.1, 0.15) is 5.69 Å². The molecule has 0 aliphatic heterocycles. The molecule has 0 aliphatic carbocycles. The Morgan fingerprint density at radius 2 is 1.78 bits per heavy atom. The molecule has 0 amide bonds. The van der Waals surface area contributed by atoms with Gasteiger partial charge in [-0.2, -0.15) is 10.4 Å². The van der Waals surface area contributed by atoms with Gasteiger partial charge < -0.3 is 0 Å². The highest BCUT2D eigenvalue weighted by atomic mass is 35.5. The minimum Gasteiger partial charge on any atom is -0.222 e. The van der Waals surface area contributed by atoms with E-state index in [0.29, 0.717) is 10.7 Å². The molecule has 0 bridgehead atoms. The number of fused-ring (bicyclic) bond motifs is 1. The van der Waals surface area contributed by atoms with Crippen LogP contribution < -0.4 is 0 Å². The molecule has 0 saturated carbocycles. The molecule has 3 aromatic rings. The van der Waals surface area contributed by atoms with Gasteiger partial charge in [-0.25, -0.2) is 4.68 Å². The molecule has 0 fully saturated rings. The van der Waals surface area contributed by atoms with Crippen LogP contribution in [0, 0.1) is 11.3 Å². The molecule has 3 rings (SSSR count).